The molecule has 1 unspecified atom stereocenters. The van der Waals surface area contributed by atoms with Gasteiger partial charge < -0.3 is 14.3 Å². The van der Waals surface area contributed by atoms with E-state index in [-0.39, 0.29) is 6.10 Å². The largest absolute Gasteiger partial charge is 0.467 e. The van der Waals surface area contributed by atoms with Crippen LogP contribution in [-0.4, -0.2) is 38.1 Å². The Bertz CT molecular complexity index is 433. The van der Waals surface area contributed by atoms with Crippen LogP contribution in [0.15, 0.2) is 35.5 Å². The second kappa shape index (κ2) is 8.32. The molecule has 1 aromatic carbocycles. The summed E-state index contributed by atoms with van der Waals surface area (Å²) < 4.78 is 10.2. The topological polar surface area (TPSA) is 57.1 Å². The summed E-state index contributed by atoms with van der Waals surface area (Å²) in [7, 11) is 0. The summed E-state index contributed by atoms with van der Waals surface area (Å²) in [5.74, 6) is 0. The van der Waals surface area contributed by atoms with Gasteiger partial charge in [0.05, 0.1) is 25.5 Å². The molecule has 0 saturated carbocycles. The fourth-order valence-electron chi connectivity index (χ4n) is 2.00. The average Bonchev–Trinajstić information content (AvgIpc) is 2.93. The molecule has 0 fully saturated rings. The van der Waals surface area contributed by atoms with Crippen LogP contribution in [0.1, 0.15) is 18.4 Å². The molecule has 1 atom stereocenters. The maximum atomic E-state index is 10.0. The molecule has 0 radical (unpaired) electrons. The van der Waals surface area contributed by atoms with Crippen LogP contribution in [0.5, 0.6) is 0 Å². The predicted molar refractivity (Wildman–Crippen MR) is 74.5 cm³/mol. The van der Waals surface area contributed by atoms with Crippen molar-refractivity contribution in [2.45, 2.75) is 25.4 Å². The number of carbonyl (C=O) groups is 1. The second-order valence-electron chi connectivity index (χ2n) is 4.62. The van der Waals surface area contributed by atoms with Crippen LogP contribution in [0.25, 0.3) is 0 Å². The van der Waals surface area contributed by atoms with Gasteiger partial charge in [0.2, 0.25) is 0 Å². The Morgan fingerprint density at radius 1 is 1.25 bits per heavy atom. The number of hydrogen-bond acceptors (Lipinski definition) is 5. The average molecular weight is 277 g/mol. The van der Waals surface area contributed by atoms with Gasteiger partial charge in [0, 0.05) is 12.8 Å². The Balaban J connectivity index is 1.54. The third-order valence-electron chi connectivity index (χ3n) is 3.05. The van der Waals surface area contributed by atoms with E-state index in [0.717, 1.165) is 18.6 Å². The van der Waals surface area contributed by atoms with Crippen LogP contribution in [0.3, 0.4) is 0 Å². The summed E-state index contributed by atoms with van der Waals surface area (Å²) in [5.41, 5.74) is 2.19. The molecular formula is C15H19NO4. The lowest BCUT2D eigenvalue weighted by Crippen LogP contribution is -2.17. The third-order valence-corrected chi connectivity index (χ3v) is 3.05. The van der Waals surface area contributed by atoms with Gasteiger partial charge in [-0.3, -0.25) is 4.79 Å². The first kappa shape index (κ1) is 14.5. The first-order chi connectivity index (χ1) is 9.88. The summed E-state index contributed by atoms with van der Waals surface area (Å²) in [5, 5.41) is 3.97. The Morgan fingerprint density at radius 2 is 2.10 bits per heavy atom. The van der Waals surface area contributed by atoms with Crippen molar-refractivity contribution in [1.82, 2.24) is 0 Å². The molecule has 0 aliphatic carbocycles. The molecule has 1 heterocycles. The number of oxime groups is 1. The standard InChI is InChI=1S/C15H19NO4/c17-12-19-9-7-14-10-15(20-16-14)11-18-8-6-13-4-2-1-3-5-13/h1-5,12,15H,6-11H2. The smallest absolute Gasteiger partial charge is 0.293 e. The highest BCUT2D eigenvalue weighted by molar-refractivity contribution is 5.85. The van der Waals surface area contributed by atoms with Gasteiger partial charge in [0.25, 0.3) is 6.47 Å². The van der Waals surface area contributed by atoms with E-state index in [1.807, 2.05) is 18.2 Å². The normalized spacial score (nSPS) is 17.4. The van der Waals surface area contributed by atoms with E-state index in [1.54, 1.807) is 0 Å². The fraction of sp³-hybridized carbons (Fsp3) is 0.467. The van der Waals surface area contributed by atoms with Crippen LogP contribution in [0.2, 0.25) is 0 Å². The van der Waals surface area contributed by atoms with Gasteiger partial charge in [-0.2, -0.15) is 0 Å². The van der Waals surface area contributed by atoms with Crippen molar-refractivity contribution in [3.05, 3.63) is 35.9 Å². The maximum absolute atomic E-state index is 10.0. The first-order valence-corrected chi connectivity index (χ1v) is 6.77. The highest BCUT2D eigenvalue weighted by atomic mass is 16.7. The summed E-state index contributed by atoms with van der Waals surface area (Å²) in [6.45, 7) is 2.01. The molecule has 0 amide bonds. The van der Waals surface area contributed by atoms with Crippen LogP contribution in [0.4, 0.5) is 0 Å². The monoisotopic (exact) mass is 277 g/mol. The molecule has 0 aromatic heterocycles. The number of carbonyl (C=O) groups excluding carboxylic acids is 1. The lowest BCUT2D eigenvalue weighted by atomic mass is 10.1. The highest BCUT2D eigenvalue weighted by Gasteiger charge is 2.20. The van der Waals surface area contributed by atoms with Gasteiger partial charge >= 0.3 is 0 Å². The van der Waals surface area contributed by atoms with Crippen LogP contribution < -0.4 is 0 Å². The van der Waals surface area contributed by atoms with Crippen molar-refractivity contribution < 1.29 is 19.1 Å². The zero-order valence-corrected chi connectivity index (χ0v) is 11.4. The van der Waals surface area contributed by atoms with Crippen molar-refractivity contribution in [3.8, 4) is 0 Å². The minimum atomic E-state index is -0.0167. The van der Waals surface area contributed by atoms with Crippen LogP contribution in [0, 0.1) is 0 Å². The Kier molecular flexibility index (Phi) is 6.05. The molecule has 1 aliphatic rings. The van der Waals surface area contributed by atoms with E-state index in [9.17, 15) is 4.79 Å². The molecule has 5 heteroatoms. The van der Waals surface area contributed by atoms with Gasteiger partial charge in [-0.25, -0.2) is 0 Å². The zero-order chi connectivity index (χ0) is 14.0. The van der Waals surface area contributed by atoms with Gasteiger partial charge in [-0.05, 0) is 12.0 Å². The molecule has 0 saturated heterocycles. The molecule has 0 spiro atoms. The minimum Gasteiger partial charge on any atom is -0.467 e. The molecule has 1 aromatic rings. The molecule has 5 nitrogen and oxygen atoms in total. The SMILES string of the molecule is O=COCCC1=NOC(COCCc2ccccc2)C1. The van der Waals surface area contributed by atoms with Crippen molar-refractivity contribution >= 4 is 12.2 Å². The molecule has 0 N–H and O–H groups in total. The van der Waals surface area contributed by atoms with Crippen LogP contribution >= 0.6 is 0 Å². The highest BCUT2D eigenvalue weighted by Crippen LogP contribution is 2.13. The van der Waals surface area contributed by atoms with Gasteiger partial charge in [0.1, 0.15) is 0 Å². The van der Waals surface area contributed by atoms with E-state index in [0.29, 0.717) is 32.7 Å². The summed E-state index contributed by atoms with van der Waals surface area (Å²) >= 11 is 0. The quantitative estimate of drug-likeness (QED) is 0.511. The number of rotatable bonds is 9. The zero-order valence-electron chi connectivity index (χ0n) is 11.4. The Hall–Kier alpha value is -1.88. The van der Waals surface area contributed by atoms with Crippen molar-refractivity contribution in [3.63, 3.8) is 0 Å². The molecule has 20 heavy (non-hydrogen) atoms. The minimum absolute atomic E-state index is 0.0167. The van der Waals surface area contributed by atoms with E-state index >= 15 is 0 Å². The van der Waals surface area contributed by atoms with Crippen molar-refractivity contribution in [2.24, 2.45) is 5.16 Å². The van der Waals surface area contributed by atoms with Gasteiger partial charge in [0.15, 0.2) is 6.10 Å². The number of hydrogen-bond donors (Lipinski definition) is 0. The molecule has 0 bridgehead atoms. The Morgan fingerprint density at radius 3 is 2.90 bits per heavy atom. The maximum Gasteiger partial charge on any atom is 0.293 e. The first-order valence-electron chi connectivity index (χ1n) is 6.77. The van der Waals surface area contributed by atoms with Crippen molar-refractivity contribution in [1.29, 1.82) is 0 Å². The molecule has 1 aliphatic heterocycles. The van der Waals surface area contributed by atoms with Gasteiger partial charge in [-0.1, -0.05) is 35.5 Å². The number of nitrogens with zero attached hydrogens (tertiary/aromatic N) is 1. The summed E-state index contributed by atoms with van der Waals surface area (Å²) in [6.07, 6.45) is 2.25. The molecule has 2 rings (SSSR count). The van der Waals surface area contributed by atoms with Crippen LogP contribution in [-0.2, 0) is 25.5 Å². The lowest BCUT2D eigenvalue weighted by molar-refractivity contribution is -0.128. The molecular weight excluding hydrogens is 258 g/mol. The second-order valence-corrected chi connectivity index (χ2v) is 4.62. The van der Waals surface area contributed by atoms with E-state index in [4.69, 9.17) is 9.57 Å². The Labute approximate surface area is 118 Å². The van der Waals surface area contributed by atoms with E-state index < -0.39 is 0 Å². The summed E-state index contributed by atoms with van der Waals surface area (Å²) in [6, 6.07) is 10.2. The summed E-state index contributed by atoms with van der Waals surface area (Å²) in [4.78, 5) is 15.3. The predicted octanol–water partition coefficient (Wildman–Crippen LogP) is 1.95. The van der Waals surface area contributed by atoms with E-state index in [2.05, 4.69) is 22.0 Å². The van der Waals surface area contributed by atoms with E-state index in [1.165, 1.54) is 5.56 Å². The third kappa shape index (κ3) is 5.01. The lowest BCUT2D eigenvalue weighted by Gasteiger charge is -2.09. The number of ether oxygens (including phenoxy) is 2. The van der Waals surface area contributed by atoms with Crippen molar-refractivity contribution in [2.75, 3.05) is 19.8 Å². The van der Waals surface area contributed by atoms with Gasteiger partial charge in [-0.15, -0.1) is 0 Å². The fourth-order valence-corrected chi connectivity index (χ4v) is 2.00. The number of benzene rings is 1. The molecule has 108 valence electrons.